The van der Waals surface area contributed by atoms with Crippen LogP contribution in [0.5, 0.6) is 0 Å². The summed E-state index contributed by atoms with van der Waals surface area (Å²) in [5.41, 5.74) is 15.6. The average molecular weight is 753 g/mol. The largest absolute Gasteiger partial charge is 0.456 e. The Morgan fingerprint density at radius 3 is 1.51 bits per heavy atom. The topological polar surface area (TPSA) is 38.9 Å². The van der Waals surface area contributed by atoms with Crippen LogP contribution < -0.4 is 0 Å². The second kappa shape index (κ2) is 14.6. The van der Waals surface area contributed by atoms with Crippen LogP contribution in [0.1, 0.15) is 0 Å². The van der Waals surface area contributed by atoms with E-state index in [1.165, 1.54) is 21.9 Å². The summed E-state index contributed by atoms with van der Waals surface area (Å²) >= 11 is 0. The number of furan rings is 1. The molecule has 0 N–H and O–H groups in total. The van der Waals surface area contributed by atoms with E-state index in [9.17, 15) is 0 Å². The molecule has 0 unspecified atom stereocenters. The molecule has 0 aliphatic heterocycles. The number of hydrogen-bond donors (Lipinski definition) is 0. The van der Waals surface area contributed by atoms with Crippen LogP contribution in [0.15, 0.2) is 223 Å². The highest BCUT2D eigenvalue weighted by molar-refractivity contribution is 6.06. The van der Waals surface area contributed by atoms with Gasteiger partial charge in [0.15, 0.2) is 5.82 Å². The monoisotopic (exact) mass is 752 g/mol. The third kappa shape index (κ3) is 6.65. The average Bonchev–Trinajstić information content (AvgIpc) is 3.70. The van der Waals surface area contributed by atoms with E-state index >= 15 is 0 Å². The minimum atomic E-state index is 0.679. The van der Waals surface area contributed by atoms with Crippen LogP contribution in [0.25, 0.3) is 111 Å². The van der Waals surface area contributed by atoms with E-state index in [0.29, 0.717) is 5.82 Å². The Balaban J connectivity index is 1.09. The van der Waals surface area contributed by atoms with Gasteiger partial charge in [0, 0.05) is 27.5 Å². The van der Waals surface area contributed by atoms with E-state index in [0.717, 1.165) is 83.4 Å². The maximum absolute atomic E-state index is 6.23. The maximum Gasteiger partial charge on any atom is 0.160 e. The molecule has 276 valence electrons. The van der Waals surface area contributed by atoms with Gasteiger partial charge in [-0.3, -0.25) is 0 Å². The minimum absolute atomic E-state index is 0.679. The summed E-state index contributed by atoms with van der Waals surface area (Å²) in [5, 5.41) is 4.62. The van der Waals surface area contributed by atoms with Gasteiger partial charge in [-0.1, -0.05) is 158 Å². The Bertz CT molecular complexity index is 3330. The molecule has 0 fully saturated rings. The fourth-order valence-electron chi connectivity index (χ4n) is 8.21. The van der Waals surface area contributed by atoms with Gasteiger partial charge in [0.25, 0.3) is 0 Å². The zero-order chi connectivity index (χ0) is 39.1. The van der Waals surface area contributed by atoms with E-state index in [1.54, 1.807) is 0 Å². The van der Waals surface area contributed by atoms with Crippen LogP contribution in [0.4, 0.5) is 0 Å². The Morgan fingerprint density at radius 1 is 0.254 bits per heavy atom. The normalized spacial score (nSPS) is 11.4. The van der Waals surface area contributed by atoms with Crippen molar-refractivity contribution in [1.29, 1.82) is 0 Å². The first-order chi connectivity index (χ1) is 29.2. The third-order valence-electron chi connectivity index (χ3n) is 11.2. The summed E-state index contributed by atoms with van der Waals surface area (Å²) in [4.78, 5) is 10.5. The molecule has 9 aromatic carbocycles. The van der Waals surface area contributed by atoms with Crippen molar-refractivity contribution in [3.05, 3.63) is 218 Å². The van der Waals surface area contributed by atoms with Crippen LogP contribution in [-0.2, 0) is 0 Å². The van der Waals surface area contributed by atoms with Crippen LogP contribution in [0, 0.1) is 0 Å². The summed E-state index contributed by atoms with van der Waals surface area (Å²) in [5.74, 6) is 0.679. The number of aromatic nitrogens is 2. The molecular formula is C56H36N2O. The molecule has 0 spiro atoms. The SMILES string of the molecule is c1ccc(-c2cccc(-c3cccc(-c4cc(-c5cc(-c6ccc7ccccc7c6)cc(-c6ccc7oc8ccccc8c7c6)c5)nc(-c5ccccc5)n4)c3)c2)cc1. The fraction of sp³-hybridized carbons (Fsp3) is 0. The molecule has 0 atom stereocenters. The Morgan fingerprint density at radius 2 is 0.746 bits per heavy atom. The van der Waals surface area contributed by atoms with Gasteiger partial charge in [0.2, 0.25) is 0 Å². The van der Waals surface area contributed by atoms with Crippen molar-refractivity contribution in [1.82, 2.24) is 9.97 Å². The second-order valence-electron chi connectivity index (χ2n) is 15.0. The highest BCUT2D eigenvalue weighted by Crippen LogP contribution is 2.38. The first kappa shape index (κ1) is 34.4. The van der Waals surface area contributed by atoms with Crippen LogP contribution in [-0.4, -0.2) is 9.97 Å². The molecule has 0 saturated carbocycles. The van der Waals surface area contributed by atoms with E-state index in [1.807, 2.05) is 30.3 Å². The molecule has 3 heteroatoms. The zero-order valence-corrected chi connectivity index (χ0v) is 32.1. The summed E-state index contributed by atoms with van der Waals surface area (Å²) in [7, 11) is 0. The molecule has 3 nitrogen and oxygen atoms in total. The van der Waals surface area contributed by atoms with Crippen molar-refractivity contribution in [2.75, 3.05) is 0 Å². The molecule has 11 rings (SSSR count). The lowest BCUT2D eigenvalue weighted by Crippen LogP contribution is -1.97. The van der Waals surface area contributed by atoms with Crippen molar-refractivity contribution >= 4 is 32.7 Å². The molecule has 0 aliphatic carbocycles. The second-order valence-corrected chi connectivity index (χ2v) is 15.0. The first-order valence-corrected chi connectivity index (χ1v) is 20.0. The molecule has 2 aromatic heterocycles. The standard InChI is InChI=1S/C56H36N2O/c1-3-13-37(14-4-1)41-19-11-20-42(29-41)43-21-12-22-46(31-43)52-36-53(58-56(57-52)39-16-5-2-6-17-39)49-33-47(44-26-25-38-15-7-8-18-40(38)30-44)32-48(34-49)45-27-28-55-51(35-45)50-23-9-10-24-54(50)59-55/h1-36H. The predicted molar refractivity (Wildman–Crippen MR) is 245 cm³/mol. The zero-order valence-electron chi connectivity index (χ0n) is 32.1. The molecule has 59 heavy (non-hydrogen) atoms. The molecule has 0 aliphatic rings. The van der Waals surface area contributed by atoms with Gasteiger partial charge >= 0.3 is 0 Å². The molecule has 2 heterocycles. The quantitative estimate of drug-likeness (QED) is 0.163. The van der Waals surface area contributed by atoms with E-state index in [2.05, 4.69) is 188 Å². The number of nitrogens with zero attached hydrogens (tertiary/aromatic N) is 2. The van der Waals surface area contributed by atoms with Crippen LogP contribution in [0.3, 0.4) is 0 Å². The van der Waals surface area contributed by atoms with Gasteiger partial charge in [-0.2, -0.15) is 0 Å². The molecule has 0 saturated heterocycles. The van der Waals surface area contributed by atoms with E-state index < -0.39 is 0 Å². The fourth-order valence-corrected chi connectivity index (χ4v) is 8.21. The lowest BCUT2D eigenvalue weighted by Gasteiger charge is -2.14. The smallest absolute Gasteiger partial charge is 0.160 e. The Kier molecular flexibility index (Phi) is 8.49. The van der Waals surface area contributed by atoms with Crippen molar-refractivity contribution in [2.45, 2.75) is 0 Å². The first-order valence-electron chi connectivity index (χ1n) is 20.0. The molecule has 0 radical (unpaired) electrons. The number of benzene rings is 9. The number of fused-ring (bicyclic) bond motifs is 4. The Hall–Kier alpha value is -7.88. The summed E-state index contributed by atoms with van der Waals surface area (Å²) in [6.07, 6.45) is 0. The lowest BCUT2D eigenvalue weighted by molar-refractivity contribution is 0.669. The third-order valence-corrected chi connectivity index (χ3v) is 11.2. The van der Waals surface area contributed by atoms with Gasteiger partial charge in [0.05, 0.1) is 11.4 Å². The molecular weight excluding hydrogens is 717 g/mol. The van der Waals surface area contributed by atoms with Gasteiger partial charge in [-0.15, -0.1) is 0 Å². The molecule has 11 aromatic rings. The number of hydrogen-bond acceptors (Lipinski definition) is 3. The highest BCUT2D eigenvalue weighted by atomic mass is 16.3. The minimum Gasteiger partial charge on any atom is -0.456 e. The summed E-state index contributed by atoms with van der Waals surface area (Å²) in [6.45, 7) is 0. The highest BCUT2D eigenvalue weighted by Gasteiger charge is 2.16. The molecule has 0 bridgehead atoms. The predicted octanol–water partition coefficient (Wildman–Crippen LogP) is 15.2. The summed E-state index contributed by atoms with van der Waals surface area (Å²) in [6, 6.07) is 77.2. The molecule has 0 amide bonds. The lowest BCUT2D eigenvalue weighted by atomic mass is 9.93. The van der Waals surface area contributed by atoms with Crippen molar-refractivity contribution in [3.8, 4) is 78.4 Å². The van der Waals surface area contributed by atoms with Crippen molar-refractivity contribution in [3.63, 3.8) is 0 Å². The van der Waals surface area contributed by atoms with E-state index in [-0.39, 0.29) is 0 Å². The van der Waals surface area contributed by atoms with Gasteiger partial charge in [0.1, 0.15) is 11.2 Å². The maximum atomic E-state index is 6.23. The van der Waals surface area contributed by atoms with Crippen LogP contribution in [0.2, 0.25) is 0 Å². The van der Waals surface area contributed by atoms with Crippen molar-refractivity contribution in [2.24, 2.45) is 0 Å². The number of para-hydroxylation sites is 1. The van der Waals surface area contributed by atoms with Gasteiger partial charge in [-0.25, -0.2) is 9.97 Å². The van der Waals surface area contributed by atoms with Crippen LogP contribution >= 0.6 is 0 Å². The summed E-state index contributed by atoms with van der Waals surface area (Å²) < 4.78 is 6.23. The van der Waals surface area contributed by atoms with Crippen molar-refractivity contribution < 1.29 is 4.42 Å². The van der Waals surface area contributed by atoms with Gasteiger partial charge < -0.3 is 4.42 Å². The van der Waals surface area contributed by atoms with E-state index in [4.69, 9.17) is 14.4 Å². The number of rotatable bonds is 7. The van der Waals surface area contributed by atoms with Gasteiger partial charge in [-0.05, 0) is 116 Å². The Labute approximate surface area is 342 Å².